The maximum atomic E-state index is 14.1. The smallest absolute Gasteiger partial charge is 0.326 e. The molecule has 3 aromatic rings. The summed E-state index contributed by atoms with van der Waals surface area (Å²) in [5.74, 6) is -6.73. The van der Waals surface area contributed by atoms with Gasteiger partial charge >= 0.3 is 11.9 Å². The number of nitrogens with one attached hydrogen (secondary N) is 4. The first kappa shape index (κ1) is 43.6. The first-order chi connectivity index (χ1) is 27.3. The van der Waals surface area contributed by atoms with Crippen LogP contribution in [0.2, 0.25) is 0 Å². The lowest BCUT2D eigenvalue weighted by Gasteiger charge is -2.30. The molecule has 1 fully saturated rings. The van der Waals surface area contributed by atoms with Gasteiger partial charge in [0.2, 0.25) is 29.5 Å². The molecule has 0 aromatic heterocycles. The van der Waals surface area contributed by atoms with Gasteiger partial charge in [0.15, 0.2) is 0 Å². The zero-order chi connectivity index (χ0) is 41.5. The van der Waals surface area contributed by atoms with Crippen molar-refractivity contribution in [3.8, 4) is 0 Å². The lowest BCUT2D eigenvalue weighted by molar-refractivity contribution is -0.147. The Balaban J connectivity index is 1.52. The molecule has 3 aromatic carbocycles. The van der Waals surface area contributed by atoms with Gasteiger partial charge in [-0.3, -0.25) is 28.8 Å². The Morgan fingerprint density at radius 1 is 0.684 bits per heavy atom. The van der Waals surface area contributed by atoms with Gasteiger partial charge in [0.25, 0.3) is 0 Å². The summed E-state index contributed by atoms with van der Waals surface area (Å²) in [6, 6.07) is 19.2. The summed E-state index contributed by atoms with van der Waals surface area (Å²) in [6.45, 7) is 3.67. The molecule has 0 aliphatic carbocycles. The topological polar surface area (TPSA) is 237 Å². The highest BCUT2D eigenvalue weighted by Gasteiger charge is 2.40. The van der Waals surface area contributed by atoms with Crippen LogP contribution in [-0.4, -0.2) is 99.4 Å². The van der Waals surface area contributed by atoms with Crippen LogP contribution in [-0.2, 0) is 52.8 Å². The average Bonchev–Trinajstić information content (AvgIpc) is 3.70. The molecule has 0 radical (unpaired) electrons. The van der Waals surface area contributed by atoms with Crippen molar-refractivity contribution < 1.29 is 43.8 Å². The number of hydrogen-bond acceptors (Lipinski definition) is 8. The van der Waals surface area contributed by atoms with Crippen LogP contribution in [0.15, 0.2) is 91.0 Å². The Hall–Kier alpha value is -6.09. The number of carbonyl (C=O) groups excluding carboxylic acids is 5. The van der Waals surface area contributed by atoms with E-state index in [1.807, 2.05) is 37.3 Å². The van der Waals surface area contributed by atoms with E-state index < -0.39 is 84.1 Å². The lowest BCUT2D eigenvalue weighted by Crippen LogP contribution is -2.60. The molecule has 0 spiro atoms. The van der Waals surface area contributed by atoms with E-state index in [2.05, 4.69) is 21.3 Å². The first-order valence-electron chi connectivity index (χ1n) is 19.1. The first-order valence-corrected chi connectivity index (χ1v) is 19.1. The van der Waals surface area contributed by atoms with Crippen LogP contribution in [0.4, 0.5) is 0 Å². The Kier molecular flexibility index (Phi) is 16.3. The third-order valence-electron chi connectivity index (χ3n) is 10.1. The molecular formula is C42H52N6O9. The Morgan fingerprint density at radius 2 is 1.19 bits per heavy atom. The van der Waals surface area contributed by atoms with Gasteiger partial charge in [0.1, 0.15) is 30.2 Å². The highest BCUT2D eigenvalue weighted by atomic mass is 16.4. The van der Waals surface area contributed by atoms with Gasteiger partial charge in [0.05, 0.1) is 12.5 Å². The number of amides is 5. The van der Waals surface area contributed by atoms with Crippen molar-refractivity contribution in [2.75, 3.05) is 6.54 Å². The highest BCUT2D eigenvalue weighted by Crippen LogP contribution is 2.20. The summed E-state index contributed by atoms with van der Waals surface area (Å²) in [4.78, 5) is 94.0. The fourth-order valence-electron chi connectivity index (χ4n) is 6.71. The Bertz CT molecular complexity index is 1850. The van der Waals surface area contributed by atoms with E-state index in [0.29, 0.717) is 24.0 Å². The predicted octanol–water partition coefficient (Wildman–Crippen LogP) is 1.58. The van der Waals surface area contributed by atoms with Crippen molar-refractivity contribution in [2.24, 2.45) is 11.7 Å². The van der Waals surface area contributed by atoms with Crippen LogP contribution >= 0.6 is 0 Å². The summed E-state index contributed by atoms with van der Waals surface area (Å²) >= 11 is 0. The zero-order valence-electron chi connectivity index (χ0n) is 32.1. The number of carboxylic acids is 2. The number of carboxylic acid groups (broad SMARTS) is 2. The fourth-order valence-corrected chi connectivity index (χ4v) is 6.71. The molecule has 7 atom stereocenters. The minimum Gasteiger partial charge on any atom is -0.481 e. The van der Waals surface area contributed by atoms with E-state index in [0.717, 1.165) is 10.5 Å². The summed E-state index contributed by atoms with van der Waals surface area (Å²) in [7, 11) is 0. The summed E-state index contributed by atoms with van der Waals surface area (Å²) < 4.78 is 0. The van der Waals surface area contributed by atoms with Crippen molar-refractivity contribution in [3.63, 3.8) is 0 Å². The molecule has 15 heteroatoms. The number of likely N-dealkylation sites (tertiary alicyclic amines) is 1. The summed E-state index contributed by atoms with van der Waals surface area (Å²) in [6.07, 6.45) is 0.391. The summed E-state index contributed by atoms with van der Waals surface area (Å²) in [5.41, 5.74) is 8.38. The molecule has 1 aliphatic rings. The Labute approximate surface area is 331 Å². The molecule has 304 valence electrons. The van der Waals surface area contributed by atoms with Crippen molar-refractivity contribution in [3.05, 3.63) is 108 Å². The monoisotopic (exact) mass is 784 g/mol. The Morgan fingerprint density at radius 3 is 1.70 bits per heavy atom. The van der Waals surface area contributed by atoms with Gasteiger partial charge in [0, 0.05) is 19.4 Å². The average molecular weight is 785 g/mol. The highest BCUT2D eigenvalue weighted by molar-refractivity contribution is 5.98. The molecule has 1 aliphatic heterocycles. The van der Waals surface area contributed by atoms with Crippen molar-refractivity contribution in [2.45, 2.75) is 95.0 Å². The van der Waals surface area contributed by atoms with E-state index in [9.17, 15) is 43.8 Å². The minimum absolute atomic E-state index is 0.00311. The number of hydrogen-bond donors (Lipinski definition) is 7. The molecule has 15 nitrogen and oxygen atoms in total. The van der Waals surface area contributed by atoms with Crippen LogP contribution in [0.5, 0.6) is 0 Å². The molecule has 0 saturated carbocycles. The van der Waals surface area contributed by atoms with E-state index in [-0.39, 0.29) is 38.1 Å². The van der Waals surface area contributed by atoms with Crippen LogP contribution in [0.1, 0.15) is 56.2 Å². The fraction of sp³-hybridized carbons (Fsp3) is 0.405. The second kappa shape index (κ2) is 21.3. The number of benzene rings is 3. The van der Waals surface area contributed by atoms with Crippen molar-refractivity contribution in [1.29, 1.82) is 0 Å². The number of rotatable bonds is 20. The van der Waals surface area contributed by atoms with Crippen LogP contribution in [0.3, 0.4) is 0 Å². The molecule has 0 unspecified atom stereocenters. The van der Waals surface area contributed by atoms with Crippen LogP contribution < -0.4 is 27.0 Å². The maximum absolute atomic E-state index is 14.1. The summed E-state index contributed by atoms with van der Waals surface area (Å²) in [5, 5.41) is 30.1. The van der Waals surface area contributed by atoms with Gasteiger partial charge in [-0.15, -0.1) is 0 Å². The third kappa shape index (κ3) is 13.0. The van der Waals surface area contributed by atoms with Gasteiger partial charge < -0.3 is 42.1 Å². The van der Waals surface area contributed by atoms with E-state index in [4.69, 9.17) is 5.73 Å². The second-order valence-corrected chi connectivity index (χ2v) is 14.4. The van der Waals surface area contributed by atoms with Gasteiger partial charge in [-0.2, -0.15) is 0 Å². The van der Waals surface area contributed by atoms with Crippen LogP contribution in [0, 0.1) is 5.92 Å². The lowest BCUT2D eigenvalue weighted by atomic mass is 9.96. The quantitative estimate of drug-likeness (QED) is 0.0874. The molecule has 57 heavy (non-hydrogen) atoms. The number of carbonyl (C=O) groups is 7. The van der Waals surface area contributed by atoms with Crippen molar-refractivity contribution in [1.82, 2.24) is 26.2 Å². The molecule has 4 rings (SSSR count). The van der Waals surface area contributed by atoms with Gasteiger partial charge in [-0.1, -0.05) is 111 Å². The SMILES string of the molecule is CC[C@H](C)[C@H](NC(=O)[C@@H](N)Cc1ccccc1)C(=O)N[C@@H](Cc1ccccc1)C(=O)N[C@@H](CC(=O)O)C(=O)N1CCC[C@H]1C(=O)N[C@@H](Cc1ccccc1)C(=O)O. The van der Waals surface area contributed by atoms with Gasteiger partial charge in [-0.25, -0.2) is 4.79 Å². The van der Waals surface area contributed by atoms with E-state index in [1.165, 1.54) is 0 Å². The normalized spacial score (nSPS) is 16.8. The molecule has 0 bridgehead atoms. The molecule has 1 heterocycles. The molecular weight excluding hydrogens is 732 g/mol. The molecule has 8 N–H and O–H groups in total. The number of nitrogens with two attached hydrogens (primary N) is 1. The second-order valence-electron chi connectivity index (χ2n) is 14.4. The molecule has 5 amide bonds. The van der Waals surface area contributed by atoms with Crippen molar-refractivity contribution >= 4 is 41.5 Å². The number of aliphatic carboxylic acids is 2. The maximum Gasteiger partial charge on any atom is 0.326 e. The van der Waals surface area contributed by atoms with Gasteiger partial charge in [-0.05, 0) is 41.9 Å². The van der Waals surface area contributed by atoms with E-state index >= 15 is 0 Å². The predicted molar refractivity (Wildman–Crippen MR) is 210 cm³/mol. The van der Waals surface area contributed by atoms with E-state index in [1.54, 1.807) is 67.6 Å². The largest absolute Gasteiger partial charge is 0.481 e. The zero-order valence-corrected chi connectivity index (χ0v) is 32.1. The third-order valence-corrected chi connectivity index (χ3v) is 10.1. The standard InChI is InChI=1S/C42H52N6O9/c1-3-26(2)36(47-37(51)30(43)22-27-14-7-4-8-15-27)40(54)44-31(23-28-16-9-5-10-17-28)38(52)45-32(25-35(49)50)41(55)48-21-13-20-34(48)39(53)46-33(42(56)57)24-29-18-11-6-12-19-29/h4-12,14-19,26,30-34,36H,3,13,20-25,43H2,1-2H3,(H,44,54)(H,45,52)(H,46,53)(H,47,51)(H,49,50)(H,56,57)/t26-,30-,31-,32-,33-,34-,36-/m0/s1. The molecule has 1 saturated heterocycles. The number of nitrogens with zero attached hydrogens (tertiary/aromatic N) is 1. The minimum atomic E-state index is -1.64. The van der Waals surface area contributed by atoms with Crippen LogP contribution in [0.25, 0.3) is 0 Å².